The largest absolute Gasteiger partial charge is 0.493 e. The van der Waals surface area contributed by atoms with E-state index in [2.05, 4.69) is 10.3 Å². The molecule has 5 N–H and O–H groups in total. The molecule has 2 aliphatic rings. The van der Waals surface area contributed by atoms with Gasteiger partial charge >= 0.3 is 0 Å². The Hall–Kier alpha value is -2.33. The van der Waals surface area contributed by atoms with Crippen LogP contribution in [0.2, 0.25) is 5.02 Å². The predicted molar refractivity (Wildman–Crippen MR) is 128 cm³/mol. The third-order valence-corrected chi connectivity index (χ3v) is 9.83. The predicted octanol–water partition coefficient (Wildman–Crippen LogP) is 4.56. The molecule has 0 saturated carbocycles. The van der Waals surface area contributed by atoms with E-state index in [0.29, 0.717) is 40.6 Å². The molecule has 0 saturated heterocycles. The van der Waals surface area contributed by atoms with Gasteiger partial charge in [0.15, 0.2) is 0 Å². The molecular weight excluding hydrogens is 452 g/mol. The minimum atomic E-state index is -3.17. The number of rotatable bonds is 2. The summed E-state index contributed by atoms with van der Waals surface area (Å²) in [4.78, 5) is 21.7. The molecular formula is C22H27ClN4O4S. The number of amides is 1. The molecule has 10 heteroatoms. The lowest BCUT2D eigenvalue weighted by molar-refractivity contribution is 0.102. The lowest BCUT2D eigenvalue weighted by atomic mass is 9.86. The summed E-state index contributed by atoms with van der Waals surface area (Å²) in [6.07, 6.45) is 1.83. The molecule has 172 valence electrons. The lowest BCUT2D eigenvalue weighted by Crippen LogP contribution is -2.56. The van der Waals surface area contributed by atoms with E-state index in [1.54, 1.807) is 45.0 Å². The summed E-state index contributed by atoms with van der Waals surface area (Å²) < 4.78 is 27.3. The van der Waals surface area contributed by atoms with Gasteiger partial charge in [-0.1, -0.05) is 11.6 Å². The van der Waals surface area contributed by atoms with Gasteiger partial charge in [0, 0.05) is 23.9 Å². The molecule has 0 radical (unpaired) electrons. The van der Waals surface area contributed by atoms with Crippen molar-refractivity contribution in [1.29, 1.82) is 0 Å². The standard InChI is InChI=1S/C22H27ClN4O4S/c1-12-9-13(23)11-25-18(12)19(28)26-14-5-6-16-15(10-14)22(4)17(7-8-31-16)32(29,30)21(2,3)20(24)27-22/h5-6,9-11,17,29-30H,7-8H2,1-4H3,(H2,24,27)(H,26,28)/t17-,22-/m0/s1. The Bertz CT molecular complexity index is 1140. The van der Waals surface area contributed by atoms with E-state index < -0.39 is 26.1 Å². The maximum absolute atomic E-state index is 12.8. The highest BCUT2D eigenvalue weighted by Gasteiger charge is 2.57. The van der Waals surface area contributed by atoms with E-state index >= 15 is 0 Å². The van der Waals surface area contributed by atoms with Gasteiger partial charge in [-0.2, -0.15) is 10.6 Å². The number of pyridine rings is 1. The van der Waals surface area contributed by atoms with Gasteiger partial charge in [-0.25, -0.2) is 4.98 Å². The first-order chi connectivity index (χ1) is 14.9. The second-order valence-corrected chi connectivity index (χ2v) is 12.1. The smallest absolute Gasteiger partial charge is 0.274 e. The van der Waals surface area contributed by atoms with Crippen LogP contribution in [-0.4, -0.2) is 42.4 Å². The first-order valence-electron chi connectivity index (χ1n) is 10.2. The molecule has 1 aromatic heterocycles. The Labute approximate surface area is 193 Å². The monoisotopic (exact) mass is 478 g/mol. The van der Waals surface area contributed by atoms with Crippen LogP contribution in [0.5, 0.6) is 5.75 Å². The number of benzene rings is 1. The van der Waals surface area contributed by atoms with Gasteiger partial charge < -0.3 is 15.8 Å². The summed E-state index contributed by atoms with van der Waals surface area (Å²) in [5.41, 5.74) is 7.26. The number of hydrogen-bond donors (Lipinski definition) is 4. The van der Waals surface area contributed by atoms with Gasteiger partial charge in [0.1, 0.15) is 27.6 Å². The molecule has 1 amide bonds. The summed E-state index contributed by atoms with van der Waals surface area (Å²) in [5, 5.41) is 2.71. The molecule has 1 aromatic carbocycles. The fourth-order valence-electron chi connectivity index (χ4n) is 4.34. The molecule has 32 heavy (non-hydrogen) atoms. The number of aromatic nitrogens is 1. The number of nitrogens with zero attached hydrogens (tertiary/aromatic N) is 2. The van der Waals surface area contributed by atoms with Gasteiger partial charge in [-0.3, -0.25) is 18.9 Å². The zero-order valence-electron chi connectivity index (χ0n) is 18.3. The molecule has 2 atom stereocenters. The Balaban J connectivity index is 1.77. The molecule has 0 spiro atoms. The average Bonchev–Trinajstić information content (AvgIpc) is 2.84. The zero-order valence-corrected chi connectivity index (χ0v) is 19.9. The molecule has 3 heterocycles. The van der Waals surface area contributed by atoms with Crippen LogP contribution < -0.4 is 15.8 Å². The minimum Gasteiger partial charge on any atom is -0.493 e. The lowest BCUT2D eigenvalue weighted by Gasteiger charge is -2.58. The van der Waals surface area contributed by atoms with Crippen molar-refractivity contribution >= 4 is 39.6 Å². The number of carbonyl (C=O) groups is 1. The van der Waals surface area contributed by atoms with Crippen molar-refractivity contribution in [3.05, 3.63) is 52.3 Å². The van der Waals surface area contributed by atoms with E-state index in [0.717, 1.165) is 0 Å². The highest BCUT2D eigenvalue weighted by Crippen LogP contribution is 2.66. The van der Waals surface area contributed by atoms with Crippen LogP contribution in [0.1, 0.15) is 48.8 Å². The number of amidine groups is 1. The Morgan fingerprint density at radius 1 is 1.31 bits per heavy atom. The minimum absolute atomic E-state index is 0.180. The third kappa shape index (κ3) is 3.44. The summed E-state index contributed by atoms with van der Waals surface area (Å²) in [6, 6.07) is 6.90. The maximum atomic E-state index is 12.8. The number of fused-ring (bicyclic) bond motifs is 3. The quantitative estimate of drug-likeness (QED) is 0.500. The highest BCUT2D eigenvalue weighted by atomic mass is 35.5. The summed E-state index contributed by atoms with van der Waals surface area (Å²) >= 11 is 5.94. The normalized spacial score (nSPS) is 26.5. The topological polar surface area (TPSA) is 130 Å². The molecule has 4 rings (SSSR count). The number of hydrogen-bond acceptors (Lipinski definition) is 7. The van der Waals surface area contributed by atoms with Crippen molar-refractivity contribution in [2.45, 2.75) is 49.7 Å². The number of aliphatic imine (C=N–C) groups is 1. The maximum Gasteiger partial charge on any atom is 0.274 e. The second kappa shape index (κ2) is 7.62. The van der Waals surface area contributed by atoms with Crippen LogP contribution in [0.4, 0.5) is 5.69 Å². The van der Waals surface area contributed by atoms with Gasteiger partial charge in [-0.05, 0) is 57.5 Å². The van der Waals surface area contributed by atoms with E-state index in [1.807, 2.05) is 6.92 Å². The molecule has 2 aliphatic heterocycles. The fourth-order valence-corrected chi connectivity index (χ4v) is 6.86. The molecule has 2 aromatic rings. The number of carbonyl (C=O) groups excluding carboxylic acids is 1. The van der Waals surface area contributed by atoms with Crippen LogP contribution in [0.15, 0.2) is 35.5 Å². The van der Waals surface area contributed by atoms with Crippen molar-refractivity contribution in [3.63, 3.8) is 0 Å². The number of ether oxygens (including phenoxy) is 1. The molecule has 0 unspecified atom stereocenters. The molecule has 0 bridgehead atoms. The van der Waals surface area contributed by atoms with Crippen molar-refractivity contribution in [1.82, 2.24) is 4.98 Å². The van der Waals surface area contributed by atoms with Gasteiger partial charge in [0.25, 0.3) is 5.91 Å². The van der Waals surface area contributed by atoms with Crippen LogP contribution >= 0.6 is 22.2 Å². The van der Waals surface area contributed by atoms with Crippen LogP contribution in [-0.2, 0) is 5.54 Å². The SMILES string of the molecule is Cc1cc(Cl)cnc1C(=O)Nc1ccc2c(c1)[C@]1(C)N=C(N)C(C)(C)S(O)(O)[C@H]1CCO2. The molecule has 8 nitrogen and oxygen atoms in total. The highest BCUT2D eigenvalue weighted by molar-refractivity contribution is 8.26. The summed E-state index contributed by atoms with van der Waals surface area (Å²) in [7, 11) is -3.17. The average molecular weight is 479 g/mol. The van der Waals surface area contributed by atoms with E-state index in [-0.39, 0.29) is 17.4 Å². The van der Waals surface area contributed by atoms with Crippen molar-refractivity contribution in [2.75, 3.05) is 11.9 Å². The number of halogens is 1. The van der Waals surface area contributed by atoms with Gasteiger partial charge in [0.05, 0.1) is 16.9 Å². The Kier molecular flexibility index (Phi) is 5.44. The van der Waals surface area contributed by atoms with E-state index in [9.17, 15) is 13.9 Å². The second-order valence-electron chi connectivity index (χ2n) is 8.86. The number of aryl methyl sites for hydroxylation is 1. The van der Waals surface area contributed by atoms with E-state index in [4.69, 9.17) is 27.1 Å². The van der Waals surface area contributed by atoms with Crippen molar-refractivity contribution < 1.29 is 18.6 Å². The number of anilines is 1. The van der Waals surface area contributed by atoms with Crippen LogP contribution in [0.3, 0.4) is 0 Å². The van der Waals surface area contributed by atoms with E-state index in [1.165, 1.54) is 6.20 Å². The third-order valence-electron chi connectivity index (χ3n) is 6.42. The van der Waals surface area contributed by atoms with Crippen LogP contribution in [0, 0.1) is 6.92 Å². The van der Waals surface area contributed by atoms with Gasteiger partial charge in [0.2, 0.25) is 0 Å². The summed E-state index contributed by atoms with van der Waals surface area (Å²) in [6.45, 7) is 7.31. The molecule has 0 fully saturated rings. The first kappa shape index (κ1) is 22.8. The first-order valence-corrected chi connectivity index (χ1v) is 12.2. The number of nitrogens with one attached hydrogen (secondary N) is 1. The van der Waals surface area contributed by atoms with Crippen molar-refractivity contribution in [3.8, 4) is 5.75 Å². The Morgan fingerprint density at radius 3 is 2.72 bits per heavy atom. The fraction of sp³-hybridized carbons (Fsp3) is 0.409. The summed E-state index contributed by atoms with van der Waals surface area (Å²) in [5.74, 6) is 0.368. The zero-order chi connectivity index (χ0) is 23.5. The van der Waals surface area contributed by atoms with Crippen molar-refractivity contribution in [2.24, 2.45) is 10.7 Å². The Morgan fingerprint density at radius 2 is 2.03 bits per heavy atom. The molecule has 0 aliphatic carbocycles. The number of nitrogens with two attached hydrogens (primary N) is 1. The van der Waals surface area contributed by atoms with Gasteiger partial charge in [-0.15, -0.1) is 0 Å². The van der Waals surface area contributed by atoms with Crippen LogP contribution in [0.25, 0.3) is 0 Å².